The number of para-hydroxylation sites is 1. The van der Waals surface area contributed by atoms with E-state index in [0.717, 1.165) is 16.5 Å². The number of carbonyl (C=O) groups excluding carboxylic acids is 5. The van der Waals surface area contributed by atoms with Crippen LogP contribution in [0.1, 0.15) is 65.4 Å². The predicted octanol–water partition coefficient (Wildman–Crippen LogP) is -0.522. The molecule has 2 heterocycles. The average Bonchev–Trinajstić information content (AvgIpc) is 3.67. The Kier molecular flexibility index (Phi) is 12.7. The molecule has 1 aliphatic rings. The molecule has 1 fully saturated rings. The number of aromatic amines is 1. The molecule has 0 radical (unpaired) electrons. The second kappa shape index (κ2) is 16.3. The topological polar surface area (TPSA) is 257 Å². The number of amides is 5. The van der Waals surface area contributed by atoms with Gasteiger partial charge in [0.25, 0.3) is 0 Å². The number of hydrogen-bond donors (Lipinski definition) is 8. The highest BCUT2D eigenvalue weighted by atomic mass is 16.2. The van der Waals surface area contributed by atoms with E-state index in [-0.39, 0.29) is 31.3 Å². The maximum Gasteiger partial charge on any atom is 0.246 e. The van der Waals surface area contributed by atoms with Gasteiger partial charge in [-0.05, 0) is 57.1 Å². The van der Waals surface area contributed by atoms with E-state index in [2.05, 4.69) is 25.9 Å². The third kappa shape index (κ3) is 9.91. The monoisotopic (exact) mass is 654 g/mol. The summed E-state index contributed by atoms with van der Waals surface area (Å²) in [5, 5.41) is 9.21. The average molecular weight is 655 g/mol. The van der Waals surface area contributed by atoms with Crippen LogP contribution in [-0.4, -0.2) is 88.2 Å². The number of hydrogen-bond acceptors (Lipinski definition) is 7. The minimum absolute atomic E-state index is 0.0847. The molecule has 1 saturated heterocycles. The smallest absolute Gasteiger partial charge is 0.246 e. The van der Waals surface area contributed by atoms with Gasteiger partial charge in [0.1, 0.15) is 24.2 Å². The first kappa shape index (κ1) is 36.8. The quantitative estimate of drug-likeness (QED) is 0.0662. The van der Waals surface area contributed by atoms with Crippen molar-refractivity contribution in [1.82, 2.24) is 25.8 Å². The fraction of sp³-hybridized carbons (Fsp3) is 0.562. The fourth-order valence-electron chi connectivity index (χ4n) is 5.57. The molecule has 1 aliphatic heterocycles. The van der Waals surface area contributed by atoms with Crippen LogP contribution < -0.4 is 38.9 Å². The van der Waals surface area contributed by atoms with Crippen LogP contribution in [0.4, 0.5) is 0 Å². The molecule has 0 spiro atoms. The third-order valence-electron chi connectivity index (χ3n) is 8.52. The van der Waals surface area contributed by atoms with Gasteiger partial charge in [-0.25, -0.2) is 0 Å². The molecule has 47 heavy (non-hydrogen) atoms. The van der Waals surface area contributed by atoms with Gasteiger partial charge in [-0.1, -0.05) is 38.5 Å². The van der Waals surface area contributed by atoms with Crippen LogP contribution in [0.15, 0.2) is 35.5 Å². The first-order valence-electron chi connectivity index (χ1n) is 16.0. The number of nitrogens with zero attached hydrogens (tertiary/aromatic N) is 2. The van der Waals surface area contributed by atoms with Gasteiger partial charge >= 0.3 is 0 Å². The Morgan fingerprint density at radius 1 is 1.06 bits per heavy atom. The molecule has 12 N–H and O–H groups in total. The van der Waals surface area contributed by atoms with Crippen molar-refractivity contribution < 1.29 is 24.0 Å². The van der Waals surface area contributed by atoms with Crippen molar-refractivity contribution in [3.63, 3.8) is 0 Å². The molecular weight excluding hydrogens is 604 g/mol. The molecule has 0 bridgehead atoms. The summed E-state index contributed by atoms with van der Waals surface area (Å²) in [6.07, 6.45) is 4.04. The lowest BCUT2D eigenvalue weighted by molar-refractivity contribution is -0.142. The summed E-state index contributed by atoms with van der Waals surface area (Å²) in [7, 11) is 0. The SMILES string of the molecule is CCC(C)C(NC(=O)C1CCCN1C(=O)C(Cc1c[nH]c2ccccc12)NC(=O)C(C)(C)N)C(=O)NC(CCCN=C(N)N)C(N)=O. The zero-order valence-corrected chi connectivity index (χ0v) is 27.7. The van der Waals surface area contributed by atoms with E-state index in [1.807, 2.05) is 31.2 Å². The number of nitrogens with two attached hydrogens (primary N) is 4. The largest absolute Gasteiger partial charge is 0.370 e. The van der Waals surface area contributed by atoms with Crippen molar-refractivity contribution in [3.8, 4) is 0 Å². The number of guanidine groups is 1. The van der Waals surface area contributed by atoms with Crippen molar-refractivity contribution in [1.29, 1.82) is 0 Å². The van der Waals surface area contributed by atoms with E-state index in [9.17, 15) is 24.0 Å². The number of aromatic nitrogens is 1. The molecule has 1 aromatic carbocycles. The number of nitrogens with one attached hydrogen (secondary N) is 4. The van der Waals surface area contributed by atoms with Crippen molar-refractivity contribution in [2.45, 2.75) is 95.9 Å². The molecule has 0 aliphatic carbocycles. The van der Waals surface area contributed by atoms with Crippen molar-refractivity contribution >= 4 is 46.4 Å². The molecule has 3 rings (SSSR count). The molecule has 15 nitrogen and oxygen atoms in total. The second-order valence-electron chi connectivity index (χ2n) is 12.8. The minimum atomic E-state index is -1.24. The highest BCUT2D eigenvalue weighted by Gasteiger charge is 2.40. The molecule has 5 atom stereocenters. The van der Waals surface area contributed by atoms with Gasteiger partial charge in [0.2, 0.25) is 29.5 Å². The second-order valence-corrected chi connectivity index (χ2v) is 12.8. The number of fused-ring (bicyclic) bond motifs is 1. The van der Waals surface area contributed by atoms with Crippen LogP contribution in [0.5, 0.6) is 0 Å². The van der Waals surface area contributed by atoms with Gasteiger partial charge in [-0.3, -0.25) is 29.0 Å². The van der Waals surface area contributed by atoms with E-state index < -0.39 is 59.2 Å². The lowest BCUT2D eigenvalue weighted by Gasteiger charge is -2.32. The first-order chi connectivity index (χ1) is 22.1. The highest BCUT2D eigenvalue weighted by Crippen LogP contribution is 2.24. The van der Waals surface area contributed by atoms with Gasteiger partial charge in [0, 0.05) is 36.6 Å². The number of aliphatic imine (C=N–C) groups is 1. The lowest BCUT2D eigenvalue weighted by Crippen LogP contribution is -2.60. The summed E-state index contributed by atoms with van der Waals surface area (Å²) in [6.45, 7) is 7.33. The maximum atomic E-state index is 14.1. The van der Waals surface area contributed by atoms with Crippen molar-refractivity contribution in [2.24, 2.45) is 33.8 Å². The number of H-pyrrole nitrogens is 1. The minimum Gasteiger partial charge on any atom is -0.370 e. The van der Waals surface area contributed by atoms with Gasteiger partial charge in [0.15, 0.2) is 5.96 Å². The maximum absolute atomic E-state index is 14.1. The summed E-state index contributed by atoms with van der Waals surface area (Å²) < 4.78 is 0. The Bertz CT molecular complexity index is 1460. The van der Waals surface area contributed by atoms with Crippen LogP contribution in [0.2, 0.25) is 0 Å². The number of benzene rings is 1. The van der Waals surface area contributed by atoms with E-state index in [1.54, 1.807) is 27.0 Å². The molecular formula is C32H50N10O5. The van der Waals surface area contributed by atoms with Crippen LogP contribution in [0.3, 0.4) is 0 Å². The lowest BCUT2D eigenvalue weighted by atomic mass is 9.97. The van der Waals surface area contributed by atoms with Crippen LogP contribution >= 0.6 is 0 Å². The third-order valence-corrected chi connectivity index (χ3v) is 8.52. The number of carbonyl (C=O) groups is 5. The Labute approximate surface area is 275 Å². The molecule has 2 aromatic rings. The molecule has 258 valence electrons. The molecule has 0 saturated carbocycles. The summed E-state index contributed by atoms with van der Waals surface area (Å²) in [5.74, 6) is -3.12. The Morgan fingerprint density at radius 2 is 1.77 bits per heavy atom. The molecule has 5 amide bonds. The van der Waals surface area contributed by atoms with Gasteiger partial charge in [-0.15, -0.1) is 0 Å². The van der Waals surface area contributed by atoms with E-state index in [1.165, 1.54) is 4.90 Å². The van der Waals surface area contributed by atoms with Crippen LogP contribution in [0, 0.1) is 5.92 Å². The van der Waals surface area contributed by atoms with Crippen LogP contribution in [-0.2, 0) is 30.4 Å². The Hall–Kier alpha value is -4.66. The molecule has 1 aromatic heterocycles. The highest BCUT2D eigenvalue weighted by molar-refractivity contribution is 5.97. The number of likely N-dealkylation sites (tertiary alicyclic amines) is 1. The van der Waals surface area contributed by atoms with Crippen LogP contribution in [0.25, 0.3) is 10.9 Å². The van der Waals surface area contributed by atoms with Gasteiger partial charge in [-0.2, -0.15) is 0 Å². The summed E-state index contributed by atoms with van der Waals surface area (Å²) in [4.78, 5) is 74.9. The zero-order valence-electron chi connectivity index (χ0n) is 27.7. The first-order valence-corrected chi connectivity index (χ1v) is 16.0. The number of primary amides is 1. The Balaban J connectivity index is 1.79. The summed E-state index contributed by atoms with van der Waals surface area (Å²) in [6, 6.07) is 3.77. The van der Waals surface area contributed by atoms with E-state index in [0.29, 0.717) is 32.2 Å². The van der Waals surface area contributed by atoms with E-state index in [4.69, 9.17) is 22.9 Å². The summed E-state index contributed by atoms with van der Waals surface area (Å²) in [5.41, 5.74) is 22.8. The van der Waals surface area contributed by atoms with Crippen molar-refractivity contribution in [3.05, 3.63) is 36.0 Å². The molecule has 15 heteroatoms. The predicted molar refractivity (Wildman–Crippen MR) is 179 cm³/mol. The fourth-order valence-corrected chi connectivity index (χ4v) is 5.57. The standard InChI is InChI=1S/C32H50N10O5/c1-5-18(2)25(28(45)39-22(26(33)43)12-8-14-37-31(34)35)41-27(44)24-13-9-15-42(24)29(46)23(40-30(47)32(3,4)36)16-19-17-38-21-11-7-6-10-20(19)21/h6-7,10-11,17-18,22-25,38H,5,8-9,12-16,36H2,1-4H3,(H2,33,43)(H,39,45)(H,40,47)(H,41,44)(H4,34,35,37). The molecule has 5 unspecified atom stereocenters. The van der Waals surface area contributed by atoms with Gasteiger partial charge in [0.05, 0.1) is 5.54 Å². The zero-order chi connectivity index (χ0) is 34.9. The Morgan fingerprint density at radius 3 is 2.40 bits per heavy atom. The van der Waals surface area contributed by atoms with Gasteiger partial charge < -0.3 is 48.8 Å². The summed E-state index contributed by atoms with van der Waals surface area (Å²) >= 11 is 0. The van der Waals surface area contributed by atoms with E-state index >= 15 is 0 Å². The number of rotatable bonds is 16. The normalized spacial score (nSPS) is 17.3. The van der Waals surface area contributed by atoms with Crippen molar-refractivity contribution in [2.75, 3.05) is 13.1 Å².